The van der Waals surface area contributed by atoms with E-state index in [4.69, 9.17) is 0 Å². The van der Waals surface area contributed by atoms with Crippen molar-refractivity contribution in [1.82, 2.24) is 5.43 Å². The Labute approximate surface area is 138 Å². The van der Waals surface area contributed by atoms with E-state index in [1.54, 1.807) is 6.21 Å². The van der Waals surface area contributed by atoms with Gasteiger partial charge in [-0.3, -0.25) is 10.1 Å². The van der Waals surface area contributed by atoms with Gasteiger partial charge in [-0.2, -0.15) is 5.10 Å². The highest BCUT2D eigenvalue weighted by Crippen LogP contribution is 2.16. The molecule has 0 fully saturated rings. The second-order valence-corrected chi connectivity index (χ2v) is 5.08. The summed E-state index contributed by atoms with van der Waals surface area (Å²) in [4.78, 5) is 23.8. The Morgan fingerprint density at radius 2 is 1.83 bits per heavy atom. The predicted octanol–water partition coefficient (Wildman–Crippen LogP) is 2.82. The minimum Gasteiger partial charge on any atom is -0.377 e. The highest BCUT2D eigenvalue weighted by atomic mass is 16.6. The number of rotatable bonds is 5. The second kappa shape index (κ2) is 7.73. The van der Waals surface area contributed by atoms with Crippen molar-refractivity contribution < 1.29 is 9.72 Å². The number of nitro groups is 1. The van der Waals surface area contributed by atoms with Crippen LogP contribution in [-0.4, -0.2) is 31.3 Å². The van der Waals surface area contributed by atoms with Gasteiger partial charge in [0.2, 0.25) is 0 Å². The van der Waals surface area contributed by atoms with Crippen molar-refractivity contribution in [3.05, 3.63) is 64.2 Å². The summed E-state index contributed by atoms with van der Waals surface area (Å²) in [5.74, 6) is 0. The molecule has 0 heterocycles. The number of non-ortho nitro benzene ring substituents is 1. The number of hydrazone groups is 1. The first kappa shape index (κ1) is 16.9. The predicted molar refractivity (Wildman–Crippen MR) is 93.6 cm³/mol. The van der Waals surface area contributed by atoms with Crippen LogP contribution in [0, 0.1) is 10.1 Å². The minimum atomic E-state index is -0.539. The van der Waals surface area contributed by atoms with E-state index in [1.165, 1.54) is 24.3 Å². The van der Waals surface area contributed by atoms with Crippen LogP contribution >= 0.6 is 0 Å². The molecule has 2 aromatic carbocycles. The van der Waals surface area contributed by atoms with E-state index in [-0.39, 0.29) is 5.69 Å². The van der Waals surface area contributed by atoms with Gasteiger partial charge in [0.1, 0.15) is 0 Å². The van der Waals surface area contributed by atoms with Crippen molar-refractivity contribution in [2.24, 2.45) is 5.10 Å². The van der Waals surface area contributed by atoms with Gasteiger partial charge in [0.15, 0.2) is 0 Å². The van der Waals surface area contributed by atoms with Crippen molar-refractivity contribution in [2.45, 2.75) is 0 Å². The number of hydrogen-bond acceptors (Lipinski definition) is 5. The lowest BCUT2D eigenvalue weighted by Gasteiger charge is -2.14. The molecule has 0 saturated heterocycles. The molecule has 24 heavy (non-hydrogen) atoms. The molecule has 0 aliphatic rings. The third-order valence-electron chi connectivity index (χ3n) is 3.12. The first-order valence-electron chi connectivity index (χ1n) is 7.08. The fourth-order valence-electron chi connectivity index (χ4n) is 1.99. The summed E-state index contributed by atoms with van der Waals surface area (Å²) in [5.41, 5.74) is 4.57. The molecule has 0 aromatic heterocycles. The average molecular weight is 327 g/mol. The number of para-hydroxylation sites is 1. The van der Waals surface area contributed by atoms with Crippen molar-refractivity contribution in [3.63, 3.8) is 0 Å². The smallest absolute Gasteiger partial charge is 0.339 e. The number of hydrogen-bond donors (Lipinski definition) is 2. The van der Waals surface area contributed by atoms with Crippen LogP contribution in [0.3, 0.4) is 0 Å². The van der Waals surface area contributed by atoms with Crippen LogP contribution in [0.25, 0.3) is 0 Å². The van der Waals surface area contributed by atoms with Crippen molar-refractivity contribution in [3.8, 4) is 0 Å². The number of nitrogens with one attached hydrogen (secondary N) is 2. The quantitative estimate of drug-likeness (QED) is 0.501. The Kier molecular flexibility index (Phi) is 5.45. The van der Waals surface area contributed by atoms with Crippen LogP contribution in [0.2, 0.25) is 0 Å². The molecule has 2 aromatic rings. The van der Waals surface area contributed by atoms with Crippen LogP contribution in [0.15, 0.2) is 53.6 Å². The molecule has 124 valence electrons. The molecule has 0 spiro atoms. The second-order valence-electron chi connectivity index (χ2n) is 5.08. The SMILES string of the molecule is CN(C)c1ccccc1/C=N/NC(=O)Nc1ccc([N+](=O)[O-])cc1. The largest absolute Gasteiger partial charge is 0.377 e. The van der Waals surface area contributed by atoms with E-state index in [0.717, 1.165) is 11.3 Å². The molecule has 2 amide bonds. The van der Waals surface area contributed by atoms with Crippen LogP contribution in [-0.2, 0) is 0 Å². The lowest BCUT2D eigenvalue weighted by atomic mass is 10.2. The maximum absolute atomic E-state index is 11.8. The van der Waals surface area contributed by atoms with Gasteiger partial charge < -0.3 is 10.2 Å². The zero-order valence-corrected chi connectivity index (χ0v) is 13.3. The molecule has 8 heteroatoms. The van der Waals surface area contributed by atoms with E-state index in [1.807, 2.05) is 43.3 Å². The Hall–Kier alpha value is -3.42. The summed E-state index contributed by atoms with van der Waals surface area (Å²) in [6, 6.07) is 12.6. The lowest BCUT2D eigenvalue weighted by Crippen LogP contribution is -2.24. The Balaban J connectivity index is 1.95. The molecule has 2 N–H and O–H groups in total. The summed E-state index contributed by atoms with van der Waals surface area (Å²) < 4.78 is 0. The fraction of sp³-hybridized carbons (Fsp3) is 0.125. The molecule has 0 aliphatic carbocycles. The zero-order valence-electron chi connectivity index (χ0n) is 13.3. The van der Waals surface area contributed by atoms with Gasteiger partial charge in [-0.1, -0.05) is 18.2 Å². The van der Waals surface area contributed by atoms with Gasteiger partial charge in [0, 0.05) is 43.2 Å². The summed E-state index contributed by atoms with van der Waals surface area (Å²) >= 11 is 0. The van der Waals surface area contributed by atoms with Crippen LogP contribution in [0.1, 0.15) is 5.56 Å². The molecular weight excluding hydrogens is 310 g/mol. The van der Waals surface area contributed by atoms with E-state index >= 15 is 0 Å². The number of carbonyl (C=O) groups is 1. The summed E-state index contributed by atoms with van der Waals surface area (Å²) in [7, 11) is 3.84. The maximum Gasteiger partial charge on any atom is 0.339 e. The highest BCUT2D eigenvalue weighted by Gasteiger charge is 2.06. The molecule has 8 nitrogen and oxygen atoms in total. The third kappa shape index (κ3) is 4.54. The highest BCUT2D eigenvalue weighted by molar-refractivity contribution is 5.92. The summed E-state index contributed by atoms with van der Waals surface area (Å²) in [6.45, 7) is 0. The van der Waals surface area contributed by atoms with E-state index in [9.17, 15) is 14.9 Å². The van der Waals surface area contributed by atoms with Gasteiger partial charge in [0.25, 0.3) is 5.69 Å². The Morgan fingerprint density at radius 3 is 2.46 bits per heavy atom. The standard InChI is InChI=1S/C16H17N5O3/c1-20(2)15-6-4-3-5-12(15)11-17-19-16(22)18-13-7-9-14(10-8-13)21(23)24/h3-11H,1-2H3,(H2,18,19,22)/b17-11+. The first-order valence-corrected chi connectivity index (χ1v) is 7.08. The lowest BCUT2D eigenvalue weighted by molar-refractivity contribution is -0.384. The molecule has 0 unspecified atom stereocenters. The van der Waals surface area contributed by atoms with Crippen LogP contribution < -0.4 is 15.6 Å². The molecular formula is C16H17N5O3. The fourth-order valence-corrected chi connectivity index (χ4v) is 1.99. The Morgan fingerprint density at radius 1 is 1.17 bits per heavy atom. The minimum absolute atomic E-state index is 0.0423. The van der Waals surface area contributed by atoms with Gasteiger partial charge in [0.05, 0.1) is 11.1 Å². The molecule has 2 rings (SSSR count). The monoisotopic (exact) mass is 327 g/mol. The van der Waals surface area contributed by atoms with E-state index in [0.29, 0.717) is 5.69 Å². The Bertz CT molecular complexity index is 757. The summed E-state index contributed by atoms with van der Waals surface area (Å²) in [5, 5.41) is 17.0. The third-order valence-corrected chi connectivity index (χ3v) is 3.12. The molecule has 0 aliphatic heterocycles. The number of amides is 2. The molecule has 0 bridgehead atoms. The first-order chi connectivity index (χ1) is 11.5. The number of benzene rings is 2. The van der Waals surface area contributed by atoms with E-state index in [2.05, 4.69) is 15.8 Å². The number of anilines is 2. The van der Waals surface area contributed by atoms with Crippen molar-refractivity contribution >= 4 is 29.3 Å². The topological polar surface area (TPSA) is 99.9 Å². The maximum atomic E-state index is 11.8. The van der Waals surface area contributed by atoms with Crippen LogP contribution in [0.5, 0.6) is 0 Å². The zero-order chi connectivity index (χ0) is 17.5. The number of nitro benzene ring substituents is 1. The van der Waals surface area contributed by atoms with Gasteiger partial charge >= 0.3 is 6.03 Å². The van der Waals surface area contributed by atoms with Gasteiger partial charge in [-0.05, 0) is 18.2 Å². The number of urea groups is 1. The molecule has 0 saturated carbocycles. The van der Waals surface area contributed by atoms with Crippen molar-refractivity contribution in [2.75, 3.05) is 24.3 Å². The molecule has 0 atom stereocenters. The summed E-state index contributed by atoms with van der Waals surface area (Å²) in [6.07, 6.45) is 1.55. The normalized spacial score (nSPS) is 10.4. The average Bonchev–Trinajstić information content (AvgIpc) is 2.55. The van der Waals surface area contributed by atoms with E-state index < -0.39 is 11.0 Å². The van der Waals surface area contributed by atoms with Gasteiger partial charge in [-0.15, -0.1) is 0 Å². The number of nitrogens with zero attached hydrogens (tertiary/aromatic N) is 3. The van der Waals surface area contributed by atoms with Crippen LogP contribution in [0.4, 0.5) is 21.9 Å². The molecule has 0 radical (unpaired) electrons. The van der Waals surface area contributed by atoms with Crippen molar-refractivity contribution in [1.29, 1.82) is 0 Å². The number of carbonyl (C=O) groups excluding carboxylic acids is 1. The van der Waals surface area contributed by atoms with Gasteiger partial charge in [-0.25, -0.2) is 10.2 Å².